The van der Waals surface area contributed by atoms with Gasteiger partial charge in [0.15, 0.2) is 5.82 Å². The Morgan fingerprint density at radius 2 is 1.85 bits per heavy atom. The lowest BCUT2D eigenvalue weighted by molar-refractivity contribution is 0.874. The number of aryl methyl sites for hydroxylation is 3. The van der Waals surface area contributed by atoms with Crippen molar-refractivity contribution in [3.63, 3.8) is 0 Å². The van der Waals surface area contributed by atoms with Gasteiger partial charge in [-0.15, -0.1) is 0 Å². The number of aromatic nitrogens is 2. The van der Waals surface area contributed by atoms with Crippen molar-refractivity contribution in [3.05, 3.63) is 41.1 Å². The first-order valence-electron chi connectivity index (χ1n) is 7.33. The van der Waals surface area contributed by atoms with E-state index in [0.29, 0.717) is 0 Å². The van der Waals surface area contributed by atoms with Crippen molar-refractivity contribution in [2.75, 3.05) is 11.9 Å². The summed E-state index contributed by atoms with van der Waals surface area (Å²) in [6, 6.07) is 8.47. The van der Waals surface area contributed by atoms with E-state index in [-0.39, 0.29) is 0 Å². The van der Waals surface area contributed by atoms with Crippen LogP contribution in [-0.2, 0) is 6.42 Å². The average molecular weight is 269 g/mol. The molecule has 1 N–H and O–H groups in total. The van der Waals surface area contributed by atoms with Gasteiger partial charge in [0.2, 0.25) is 0 Å². The van der Waals surface area contributed by atoms with Gasteiger partial charge in [-0.2, -0.15) is 0 Å². The van der Waals surface area contributed by atoms with E-state index in [9.17, 15) is 0 Å². The van der Waals surface area contributed by atoms with E-state index in [4.69, 9.17) is 4.98 Å². The minimum atomic E-state index is 0.824. The number of hydrogen-bond donors (Lipinski definition) is 1. The van der Waals surface area contributed by atoms with Crippen LogP contribution in [0.25, 0.3) is 11.4 Å². The number of nitrogens with one attached hydrogen (secondary N) is 1. The normalized spacial score (nSPS) is 10.6. The Morgan fingerprint density at radius 3 is 2.50 bits per heavy atom. The molecule has 106 valence electrons. The third-order valence-electron chi connectivity index (χ3n) is 3.27. The molecule has 0 saturated heterocycles. The van der Waals surface area contributed by atoms with Crippen molar-refractivity contribution < 1.29 is 0 Å². The van der Waals surface area contributed by atoms with Crippen molar-refractivity contribution in [2.45, 2.75) is 40.5 Å². The van der Waals surface area contributed by atoms with Crippen molar-refractivity contribution in [1.82, 2.24) is 9.97 Å². The molecule has 2 aromatic rings. The minimum Gasteiger partial charge on any atom is -0.370 e. The molecule has 0 radical (unpaired) electrons. The molecule has 0 fully saturated rings. The van der Waals surface area contributed by atoms with Crippen LogP contribution in [0, 0.1) is 13.8 Å². The first kappa shape index (κ1) is 14.5. The van der Waals surface area contributed by atoms with Crippen LogP contribution in [-0.4, -0.2) is 16.5 Å². The fourth-order valence-corrected chi connectivity index (χ4v) is 2.34. The van der Waals surface area contributed by atoms with Crippen molar-refractivity contribution in [1.29, 1.82) is 0 Å². The molecule has 0 aliphatic carbocycles. The molecule has 20 heavy (non-hydrogen) atoms. The average Bonchev–Trinajstić information content (AvgIpc) is 2.39. The molecule has 3 nitrogen and oxygen atoms in total. The van der Waals surface area contributed by atoms with E-state index in [1.807, 2.05) is 0 Å². The molecule has 0 amide bonds. The van der Waals surface area contributed by atoms with Crippen LogP contribution in [0.1, 0.15) is 37.1 Å². The van der Waals surface area contributed by atoms with Crippen LogP contribution >= 0.6 is 0 Å². The molecular formula is C17H23N3. The Morgan fingerprint density at radius 1 is 1.05 bits per heavy atom. The predicted molar refractivity (Wildman–Crippen MR) is 85.1 cm³/mol. The SMILES string of the molecule is CCCc1cc(NCC)nc(-c2ccc(C)cc2C)n1. The van der Waals surface area contributed by atoms with E-state index in [1.165, 1.54) is 11.1 Å². The zero-order chi connectivity index (χ0) is 14.5. The van der Waals surface area contributed by atoms with E-state index in [1.54, 1.807) is 0 Å². The number of benzene rings is 1. The molecule has 2 rings (SSSR count). The molecule has 0 aliphatic heterocycles. The highest BCUT2D eigenvalue weighted by Crippen LogP contribution is 2.23. The molecular weight excluding hydrogens is 246 g/mol. The summed E-state index contributed by atoms with van der Waals surface area (Å²) in [5.74, 6) is 1.74. The summed E-state index contributed by atoms with van der Waals surface area (Å²) in [6.45, 7) is 9.35. The van der Waals surface area contributed by atoms with Gasteiger partial charge in [0, 0.05) is 23.9 Å². The number of anilines is 1. The number of rotatable bonds is 5. The maximum Gasteiger partial charge on any atom is 0.162 e. The maximum absolute atomic E-state index is 4.72. The predicted octanol–water partition coefficient (Wildman–Crippen LogP) is 4.14. The summed E-state index contributed by atoms with van der Waals surface area (Å²) in [4.78, 5) is 9.36. The maximum atomic E-state index is 4.72. The minimum absolute atomic E-state index is 0.824. The number of hydrogen-bond acceptors (Lipinski definition) is 3. The van der Waals surface area contributed by atoms with Crippen LogP contribution in [0.2, 0.25) is 0 Å². The zero-order valence-electron chi connectivity index (χ0n) is 12.8. The van der Waals surface area contributed by atoms with Gasteiger partial charge < -0.3 is 5.32 Å². The van der Waals surface area contributed by atoms with Gasteiger partial charge in [0.25, 0.3) is 0 Å². The second kappa shape index (κ2) is 6.51. The first-order valence-corrected chi connectivity index (χ1v) is 7.33. The Labute approximate surface area is 121 Å². The molecule has 0 spiro atoms. The summed E-state index contributed by atoms with van der Waals surface area (Å²) in [5, 5.41) is 3.30. The topological polar surface area (TPSA) is 37.8 Å². The van der Waals surface area contributed by atoms with Crippen LogP contribution in [0.15, 0.2) is 24.3 Å². The molecule has 1 aromatic heterocycles. The van der Waals surface area contributed by atoms with Gasteiger partial charge in [-0.05, 0) is 32.8 Å². The fraction of sp³-hybridized carbons (Fsp3) is 0.412. The summed E-state index contributed by atoms with van der Waals surface area (Å²) in [6.07, 6.45) is 2.08. The smallest absolute Gasteiger partial charge is 0.162 e. The monoisotopic (exact) mass is 269 g/mol. The van der Waals surface area contributed by atoms with Gasteiger partial charge in [-0.1, -0.05) is 37.1 Å². The van der Waals surface area contributed by atoms with Gasteiger partial charge in [0.1, 0.15) is 5.82 Å². The Balaban J connectivity index is 2.48. The Kier molecular flexibility index (Phi) is 4.72. The quantitative estimate of drug-likeness (QED) is 0.886. The molecule has 0 aliphatic rings. The molecule has 1 heterocycles. The van der Waals surface area contributed by atoms with Gasteiger partial charge >= 0.3 is 0 Å². The lowest BCUT2D eigenvalue weighted by Gasteiger charge is -2.10. The highest BCUT2D eigenvalue weighted by atomic mass is 15.0. The van der Waals surface area contributed by atoms with Crippen molar-refractivity contribution >= 4 is 5.82 Å². The summed E-state index contributed by atoms with van der Waals surface area (Å²) in [5.41, 5.74) is 4.71. The molecule has 3 heteroatoms. The molecule has 0 atom stereocenters. The highest BCUT2D eigenvalue weighted by Gasteiger charge is 2.09. The van der Waals surface area contributed by atoms with Gasteiger partial charge in [-0.3, -0.25) is 0 Å². The van der Waals surface area contributed by atoms with Crippen LogP contribution in [0.3, 0.4) is 0 Å². The molecule has 0 bridgehead atoms. The van der Waals surface area contributed by atoms with E-state index < -0.39 is 0 Å². The summed E-state index contributed by atoms with van der Waals surface area (Å²) < 4.78 is 0. The summed E-state index contributed by atoms with van der Waals surface area (Å²) in [7, 11) is 0. The fourth-order valence-electron chi connectivity index (χ4n) is 2.34. The van der Waals surface area contributed by atoms with Crippen LogP contribution in [0.4, 0.5) is 5.82 Å². The second-order valence-electron chi connectivity index (χ2n) is 5.17. The third kappa shape index (κ3) is 3.35. The first-order chi connectivity index (χ1) is 9.63. The van der Waals surface area contributed by atoms with Crippen molar-refractivity contribution in [3.8, 4) is 11.4 Å². The largest absolute Gasteiger partial charge is 0.370 e. The lowest BCUT2D eigenvalue weighted by atomic mass is 10.0. The van der Waals surface area contributed by atoms with Gasteiger partial charge in [0.05, 0.1) is 0 Å². The highest BCUT2D eigenvalue weighted by molar-refractivity contribution is 5.62. The second-order valence-corrected chi connectivity index (χ2v) is 5.17. The van der Waals surface area contributed by atoms with Gasteiger partial charge in [-0.25, -0.2) is 9.97 Å². The lowest BCUT2D eigenvalue weighted by Crippen LogP contribution is -2.04. The Bertz CT molecular complexity index is 567. The molecule has 0 unspecified atom stereocenters. The van der Waals surface area contributed by atoms with E-state index >= 15 is 0 Å². The van der Waals surface area contributed by atoms with Crippen molar-refractivity contribution in [2.24, 2.45) is 0 Å². The molecule has 1 aromatic carbocycles. The zero-order valence-corrected chi connectivity index (χ0v) is 12.8. The summed E-state index contributed by atoms with van der Waals surface area (Å²) >= 11 is 0. The third-order valence-corrected chi connectivity index (χ3v) is 3.27. The molecule has 0 saturated carbocycles. The standard InChI is InChI=1S/C17H23N3/c1-5-7-14-11-16(18-6-2)20-17(19-14)15-9-8-12(3)10-13(15)4/h8-11H,5-7H2,1-4H3,(H,18,19,20). The van der Waals surface area contributed by atoms with Crippen LogP contribution in [0.5, 0.6) is 0 Å². The number of nitrogens with zero attached hydrogens (tertiary/aromatic N) is 2. The van der Waals surface area contributed by atoms with Crippen LogP contribution < -0.4 is 5.32 Å². The Hall–Kier alpha value is -1.90. The van der Waals surface area contributed by atoms with E-state index in [2.05, 4.69) is 62.3 Å². The van der Waals surface area contributed by atoms with E-state index in [0.717, 1.165) is 42.3 Å².